The molecular formula is C12H8ClF2N. The van der Waals surface area contributed by atoms with E-state index in [9.17, 15) is 8.78 Å². The van der Waals surface area contributed by atoms with E-state index in [4.69, 9.17) is 17.3 Å². The fourth-order valence-electron chi connectivity index (χ4n) is 1.47. The molecule has 0 fully saturated rings. The van der Waals surface area contributed by atoms with E-state index in [1.165, 1.54) is 12.1 Å². The fourth-order valence-corrected chi connectivity index (χ4v) is 1.64. The van der Waals surface area contributed by atoms with Crippen molar-refractivity contribution in [1.82, 2.24) is 0 Å². The van der Waals surface area contributed by atoms with Crippen LogP contribution in [0.2, 0.25) is 5.02 Å². The molecule has 82 valence electrons. The van der Waals surface area contributed by atoms with Crippen molar-refractivity contribution in [2.24, 2.45) is 0 Å². The lowest BCUT2D eigenvalue weighted by atomic mass is 10.0. The monoisotopic (exact) mass is 239 g/mol. The smallest absolute Gasteiger partial charge is 0.134 e. The van der Waals surface area contributed by atoms with Gasteiger partial charge in [-0.15, -0.1) is 0 Å². The highest BCUT2D eigenvalue weighted by Crippen LogP contribution is 2.30. The van der Waals surface area contributed by atoms with Gasteiger partial charge in [0.05, 0.1) is 0 Å². The van der Waals surface area contributed by atoms with Crippen molar-refractivity contribution in [3.8, 4) is 11.1 Å². The molecule has 0 aliphatic heterocycles. The Morgan fingerprint density at radius 3 is 2.38 bits per heavy atom. The zero-order valence-electron chi connectivity index (χ0n) is 8.18. The maximum atomic E-state index is 13.5. The zero-order valence-corrected chi connectivity index (χ0v) is 8.93. The van der Waals surface area contributed by atoms with Gasteiger partial charge in [0.15, 0.2) is 0 Å². The maximum Gasteiger partial charge on any atom is 0.134 e. The van der Waals surface area contributed by atoms with Crippen LogP contribution >= 0.6 is 11.6 Å². The summed E-state index contributed by atoms with van der Waals surface area (Å²) >= 11 is 5.80. The Labute approximate surface area is 96.5 Å². The summed E-state index contributed by atoms with van der Waals surface area (Å²) in [4.78, 5) is 0. The molecule has 0 spiro atoms. The lowest BCUT2D eigenvalue weighted by molar-refractivity contribution is 0.585. The second-order valence-electron chi connectivity index (χ2n) is 3.36. The van der Waals surface area contributed by atoms with Gasteiger partial charge < -0.3 is 5.73 Å². The topological polar surface area (TPSA) is 26.0 Å². The highest BCUT2D eigenvalue weighted by Gasteiger charge is 2.09. The summed E-state index contributed by atoms with van der Waals surface area (Å²) in [5, 5.41) is 0.452. The van der Waals surface area contributed by atoms with Gasteiger partial charge >= 0.3 is 0 Å². The molecule has 2 aromatic carbocycles. The van der Waals surface area contributed by atoms with E-state index < -0.39 is 11.6 Å². The third-order valence-electron chi connectivity index (χ3n) is 2.24. The van der Waals surface area contributed by atoms with Crippen LogP contribution in [0.1, 0.15) is 0 Å². The van der Waals surface area contributed by atoms with E-state index in [2.05, 4.69) is 0 Å². The Kier molecular flexibility index (Phi) is 2.79. The van der Waals surface area contributed by atoms with Crippen molar-refractivity contribution < 1.29 is 8.78 Å². The molecule has 0 amide bonds. The number of nitrogens with two attached hydrogens (primary N) is 1. The van der Waals surface area contributed by atoms with Crippen molar-refractivity contribution in [3.63, 3.8) is 0 Å². The van der Waals surface area contributed by atoms with Crippen molar-refractivity contribution in [1.29, 1.82) is 0 Å². The van der Waals surface area contributed by atoms with Crippen molar-refractivity contribution in [2.75, 3.05) is 5.73 Å². The molecule has 0 unspecified atom stereocenters. The predicted molar refractivity (Wildman–Crippen MR) is 61.2 cm³/mol. The third-order valence-corrected chi connectivity index (χ3v) is 2.47. The largest absolute Gasteiger partial charge is 0.398 e. The highest BCUT2D eigenvalue weighted by atomic mass is 35.5. The Morgan fingerprint density at radius 2 is 1.69 bits per heavy atom. The second-order valence-corrected chi connectivity index (χ2v) is 3.79. The average molecular weight is 240 g/mol. The van der Waals surface area contributed by atoms with E-state index in [1.54, 1.807) is 18.2 Å². The summed E-state index contributed by atoms with van der Waals surface area (Å²) in [5.41, 5.74) is 6.81. The molecule has 0 atom stereocenters. The van der Waals surface area contributed by atoms with Crippen molar-refractivity contribution in [3.05, 3.63) is 53.1 Å². The minimum atomic E-state index is -0.658. The van der Waals surface area contributed by atoms with E-state index >= 15 is 0 Å². The molecule has 0 saturated heterocycles. The molecule has 0 aliphatic rings. The highest BCUT2D eigenvalue weighted by molar-refractivity contribution is 6.31. The van der Waals surface area contributed by atoms with Crippen molar-refractivity contribution in [2.45, 2.75) is 0 Å². The third kappa shape index (κ3) is 1.99. The first-order chi connectivity index (χ1) is 7.58. The molecule has 0 aromatic heterocycles. The van der Waals surface area contributed by atoms with Crippen molar-refractivity contribution >= 4 is 17.3 Å². The molecule has 0 aliphatic carbocycles. The second kappa shape index (κ2) is 4.10. The summed E-state index contributed by atoms with van der Waals surface area (Å²) in [5.74, 6) is -1.28. The van der Waals surface area contributed by atoms with Gasteiger partial charge in [0, 0.05) is 27.9 Å². The van der Waals surface area contributed by atoms with Gasteiger partial charge in [0.2, 0.25) is 0 Å². The Bertz CT molecular complexity index is 541. The Hall–Kier alpha value is -1.61. The van der Waals surface area contributed by atoms with Gasteiger partial charge in [-0.3, -0.25) is 0 Å². The first-order valence-corrected chi connectivity index (χ1v) is 4.96. The molecular weight excluding hydrogens is 232 g/mol. The SMILES string of the molecule is Nc1ccc(Cl)cc1-c1ccc(F)cc1F. The van der Waals surface area contributed by atoms with Crippen LogP contribution in [0.3, 0.4) is 0 Å². The Morgan fingerprint density at radius 1 is 0.938 bits per heavy atom. The Balaban J connectivity index is 2.62. The normalized spacial score (nSPS) is 10.4. The standard InChI is InChI=1S/C12H8ClF2N/c13-7-1-4-12(16)10(5-7)9-3-2-8(14)6-11(9)15/h1-6H,16H2. The molecule has 2 rings (SSSR count). The molecule has 2 N–H and O–H groups in total. The van der Waals surface area contributed by atoms with Crippen LogP contribution in [-0.2, 0) is 0 Å². The van der Waals surface area contributed by atoms with Gasteiger partial charge in [-0.1, -0.05) is 11.6 Å². The molecule has 1 nitrogen and oxygen atoms in total. The van der Waals surface area contributed by atoms with Crippen LogP contribution in [0, 0.1) is 11.6 Å². The summed E-state index contributed by atoms with van der Waals surface area (Å²) in [6, 6.07) is 8.08. The van der Waals surface area contributed by atoms with E-state index in [-0.39, 0.29) is 5.56 Å². The minimum Gasteiger partial charge on any atom is -0.398 e. The first-order valence-electron chi connectivity index (χ1n) is 4.58. The molecule has 0 saturated carbocycles. The number of halogens is 3. The molecule has 0 heterocycles. The predicted octanol–water partition coefficient (Wildman–Crippen LogP) is 3.87. The van der Waals surface area contributed by atoms with Gasteiger partial charge in [0.25, 0.3) is 0 Å². The number of hydrogen-bond acceptors (Lipinski definition) is 1. The molecule has 4 heteroatoms. The van der Waals surface area contributed by atoms with Crippen LogP contribution in [0.25, 0.3) is 11.1 Å². The zero-order chi connectivity index (χ0) is 11.7. The van der Waals surface area contributed by atoms with E-state index in [0.29, 0.717) is 16.3 Å². The average Bonchev–Trinajstić information content (AvgIpc) is 2.22. The van der Waals surface area contributed by atoms with Gasteiger partial charge in [0.1, 0.15) is 11.6 Å². The molecule has 0 radical (unpaired) electrons. The maximum absolute atomic E-state index is 13.5. The van der Waals surface area contributed by atoms with E-state index in [1.807, 2.05) is 0 Å². The number of anilines is 1. The summed E-state index contributed by atoms with van der Waals surface area (Å²) in [6.07, 6.45) is 0. The van der Waals surface area contributed by atoms with Crippen LogP contribution in [-0.4, -0.2) is 0 Å². The first kappa shape index (κ1) is 10.9. The van der Waals surface area contributed by atoms with Crippen LogP contribution in [0.5, 0.6) is 0 Å². The summed E-state index contributed by atoms with van der Waals surface area (Å²) < 4.78 is 26.3. The van der Waals surface area contributed by atoms with Crippen LogP contribution < -0.4 is 5.73 Å². The van der Waals surface area contributed by atoms with Gasteiger partial charge in [-0.05, 0) is 30.3 Å². The fraction of sp³-hybridized carbons (Fsp3) is 0. The molecule has 16 heavy (non-hydrogen) atoms. The molecule has 2 aromatic rings. The number of rotatable bonds is 1. The van der Waals surface area contributed by atoms with Gasteiger partial charge in [-0.2, -0.15) is 0 Å². The number of hydrogen-bond donors (Lipinski definition) is 1. The summed E-state index contributed by atoms with van der Waals surface area (Å²) in [7, 11) is 0. The lowest BCUT2D eigenvalue weighted by Crippen LogP contribution is -1.92. The number of nitrogen functional groups attached to an aromatic ring is 1. The summed E-state index contributed by atoms with van der Waals surface area (Å²) in [6.45, 7) is 0. The van der Waals surface area contributed by atoms with Crippen LogP contribution in [0.15, 0.2) is 36.4 Å². The molecule has 0 bridgehead atoms. The lowest BCUT2D eigenvalue weighted by Gasteiger charge is -2.07. The van der Waals surface area contributed by atoms with Gasteiger partial charge in [-0.25, -0.2) is 8.78 Å². The quantitative estimate of drug-likeness (QED) is 0.751. The van der Waals surface area contributed by atoms with Crippen LogP contribution in [0.4, 0.5) is 14.5 Å². The number of benzene rings is 2. The van der Waals surface area contributed by atoms with E-state index in [0.717, 1.165) is 6.07 Å². The minimum absolute atomic E-state index is 0.237.